The SMILES string of the molecule is CC/C=C\C(=N/OCC)OC. The number of hydrogen-bond acceptors (Lipinski definition) is 3. The standard InChI is InChI=1S/C8H15NO2/c1-4-6-7-8(10-3)9-11-5-2/h6-7H,4-5H2,1-3H3/b7-6-,9-8+. The predicted molar refractivity (Wildman–Crippen MR) is 45.5 cm³/mol. The number of ether oxygens (including phenoxy) is 1. The lowest BCUT2D eigenvalue weighted by atomic mass is 10.4. The maximum absolute atomic E-state index is 4.89. The summed E-state index contributed by atoms with van der Waals surface area (Å²) in [6.07, 6.45) is 4.71. The van der Waals surface area contributed by atoms with Crippen molar-refractivity contribution in [3.8, 4) is 0 Å². The van der Waals surface area contributed by atoms with Crippen LogP contribution in [0.1, 0.15) is 20.3 Å². The zero-order valence-corrected chi connectivity index (χ0v) is 7.33. The normalized spacial score (nSPS) is 12.1. The van der Waals surface area contributed by atoms with E-state index in [0.29, 0.717) is 12.5 Å². The Morgan fingerprint density at radius 1 is 1.45 bits per heavy atom. The number of rotatable bonds is 4. The van der Waals surface area contributed by atoms with Crippen molar-refractivity contribution in [2.24, 2.45) is 5.16 Å². The Hall–Kier alpha value is -0.990. The van der Waals surface area contributed by atoms with Gasteiger partial charge in [0.15, 0.2) is 0 Å². The van der Waals surface area contributed by atoms with E-state index in [1.807, 2.05) is 19.9 Å². The maximum atomic E-state index is 4.89. The molecule has 0 atom stereocenters. The Morgan fingerprint density at radius 3 is 2.64 bits per heavy atom. The second-order valence-electron chi connectivity index (χ2n) is 1.86. The van der Waals surface area contributed by atoms with Crippen LogP contribution in [0.4, 0.5) is 0 Å². The van der Waals surface area contributed by atoms with E-state index in [-0.39, 0.29) is 0 Å². The highest BCUT2D eigenvalue weighted by Crippen LogP contribution is 1.87. The highest BCUT2D eigenvalue weighted by molar-refractivity contribution is 5.86. The molecule has 0 aromatic heterocycles. The molecule has 0 aromatic carbocycles. The zero-order valence-electron chi connectivity index (χ0n) is 7.33. The Morgan fingerprint density at radius 2 is 2.18 bits per heavy atom. The van der Waals surface area contributed by atoms with Gasteiger partial charge in [0.2, 0.25) is 5.90 Å². The van der Waals surface area contributed by atoms with Gasteiger partial charge < -0.3 is 9.57 Å². The van der Waals surface area contributed by atoms with E-state index in [9.17, 15) is 0 Å². The van der Waals surface area contributed by atoms with Crippen LogP contribution in [0.5, 0.6) is 0 Å². The summed E-state index contributed by atoms with van der Waals surface area (Å²) < 4.78 is 4.89. The van der Waals surface area contributed by atoms with E-state index in [0.717, 1.165) is 6.42 Å². The molecule has 3 heteroatoms. The summed E-state index contributed by atoms with van der Waals surface area (Å²) in [4.78, 5) is 4.80. The molecular weight excluding hydrogens is 142 g/mol. The lowest BCUT2D eigenvalue weighted by Gasteiger charge is -1.97. The quantitative estimate of drug-likeness (QED) is 0.355. The van der Waals surface area contributed by atoms with Crippen molar-refractivity contribution in [2.45, 2.75) is 20.3 Å². The van der Waals surface area contributed by atoms with Gasteiger partial charge in [0, 0.05) is 0 Å². The van der Waals surface area contributed by atoms with Crippen molar-refractivity contribution in [2.75, 3.05) is 13.7 Å². The van der Waals surface area contributed by atoms with Gasteiger partial charge >= 0.3 is 0 Å². The largest absolute Gasteiger partial charge is 0.479 e. The average molecular weight is 157 g/mol. The van der Waals surface area contributed by atoms with E-state index in [1.54, 1.807) is 13.2 Å². The maximum Gasteiger partial charge on any atom is 0.249 e. The fraction of sp³-hybridized carbons (Fsp3) is 0.625. The molecule has 0 rings (SSSR count). The second kappa shape index (κ2) is 7.12. The van der Waals surface area contributed by atoms with Crippen LogP contribution in [0.3, 0.4) is 0 Å². The molecule has 0 aliphatic carbocycles. The minimum atomic E-state index is 0.508. The Labute approximate surface area is 67.7 Å². The van der Waals surface area contributed by atoms with Gasteiger partial charge in [-0.1, -0.05) is 13.0 Å². The first-order valence-electron chi connectivity index (χ1n) is 3.75. The van der Waals surface area contributed by atoms with Crippen LogP contribution in [0, 0.1) is 0 Å². The summed E-state index contributed by atoms with van der Waals surface area (Å²) in [5, 5.41) is 3.71. The molecule has 3 nitrogen and oxygen atoms in total. The number of methoxy groups -OCH3 is 1. The number of allylic oxidation sites excluding steroid dienone is 1. The van der Waals surface area contributed by atoms with E-state index in [2.05, 4.69) is 5.16 Å². The molecule has 0 heterocycles. The average Bonchev–Trinajstić information content (AvgIpc) is 2.05. The van der Waals surface area contributed by atoms with Crippen molar-refractivity contribution in [1.82, 2.24) is 0 Å². The van der Waals surface area contributed by atoms with E-state index in [4.69, 9.17) is 9.57 Å². The predicted octanol–water partition coefficient (Wildman–Crippen LogP) is 1.95. The highest BCUT2D eigenvalue weighted by Gasteiger charge is 1.89. The zero-order chi connectivity index (χ0) is 8.53. The number of hydrogen-bond donors (Lipinski definition) is 0. The van der Waals surface area contributed by atoms with Crippen LogP contribution >= 0.6 is 0 Å². The lowest BCUT2D eigenvalue weighted by Crippen LogP contribution is -1.97. The Kier molecular flexibility index (Phi) is 6.48. The molecule has 0 N–H and O–H groups in total. The summed E-state index contributed by atoms with van der Waals surface area (Å²) in [5.41, 5.74) is 0. The van der Waals surface area contributed by atoms with Gasteiger partial charge in [-0.25, -0.2) is 0 Å². The summed E-state index contributed by atoms with van der Waals surface area (Å²) in [6, 6.07) is 0. The van der Waals surface area contributed by atoms with Crippen molar-refractivity contribution in [1.29, 1.82) is 0 Å². The van der Waals surface area contributed by atoms with E-state index >= 15 is 0 Å². The molecule has 0 aliphatic heterocycles. The van der Waals surface area contributed by atoms with Crippen LogP contribution in [-0.4, -0.2) is 19.6 Å². The molecule has 64 valence electrons. The van der Waals surface area contributed by atoms with E-state index < -0.39 is 0 Å². The van der Waals surface area contributed by atoms with Crippen LogP contribution in [0.25, 0.3) is 0 Å². The molecular formula is C8H15NO2. The molecule has 0 bridgehead atoms. The fourth-order valence-electron chi connectivity index (χ4n) is 0.483. The first-order chi connectivity index (χ1) is 5.35. The Bertz CT molecular complexity index is 141. The summed E-state index contributed by atoms with van der Waals surface area (Å²) >= 11 is 0. The molecule has 0 aromatic rings. The van der Waals surface area contributed by atoms with Gasteiger partial charge in [-0.3, -0.25) is 0 Å². The van der Waals surface area contributed by atoms with E-state index in [1.165, 1.54) is 0 Å². The molecule has 0 aliphatic rings. The fourth-order valence-corrected chi connectivity index (χ4v) is 0.483. The third-order valence-corrected chi connectivity index (χ3v) is 0.989. The van der Waals surface area contributed by atoms with Crippen molar-refractivity contribution < 1.29 is 9.57 Å². The Balaban J connectivity index is 3.83. The summed E-state index contributed by atoms with van der Waals surface area (Å²) in [7, 11) is 1.57. The number of oxime groups is 1. The van der Waals surface area contributed by atoms with Crippen LogP contribution in [0.15, 0.2) is 17.3 Å². The molecule has 0 spiro atoms. The summed E-state index contributed by atoms with van der Waals surface area (Å²) in [5.74, 6) is 0.508. The first-order valence-corrected chi connectivity index (χ1v) is 3.75. The van der Waals surface area contributed by atoms with Gasteiger partial charge in [0.05, 0.1) is 7.11 Å². The van der Waals surface area contributed by atoms with Gasteiger partial charge in [-0.05, 0) is 24.6 Å². The molecule has 0 radical (unpaired) electrons. The topological polar surface area (TPSA) is 30.8 Å². The molecule has 0 saturated carbocycles. The molecule has 0 amide bonds. The van der Waals surface area contributed by atoms with Crippen molar-refractivity contribution >= 4 is 5.90 Å². The van der Waals surface area contributed by atoms with Crippen LogP contribution in [0.2, 0.25) is 0 Å². The smallest absolute Gasteiger partial charge is 0.249 e. The van der Waals surface area contributed by atoms with Gasteiger partial charge in [-0.15, -0.1) is 0 Å². The van der Waals surface area contributed by atoms with Crippen LogP contribution in [-0.2, 0) is 9.57 Å². The molecule has 0 unspecified atom stereocenters. The summed E-state index contributed by atoms with van der Waals surface area (Å²) in [6.45, 7) is 4.48. The monoisotopic (exact) mass is 157 g/mol. The van der Waals surface area contributed by atoms with Gasteiger partial charge in [-0.2, -0.15) is 0 Å². The van der Waals surface area contributed by atoms with Gasteiger partial charge in [0.1, 0.15) is 6.61 Å². The van der Waals surface area contributed by atoms with Crippen molar-refractivity contribution in [3.63, 3.8) is 0 Å². The first kappa shape index (κ1) is 10.0. The third kappa shape index (κ3) is 5.45. The molecule has 0 fully saturated rings. The minimum Gasteiger partial charge on any atom is -0.479 e. The van der Waals surface area contributed by atoms with Crippen molar-refractivity contribution in [3.05, 3.63) is 12.2 Å². The lowest BCUT2D eigenvalue weighted by molar-refractivity contribution is 0.150. The van der Waals surface area contributed by atoms with Gasteiger partial charge in [0.25, 0.3) is 0 Å². The second-order valence-corrected chi connectivity index (χ2v) is 1.86. The van der Waals surface area contributed by atoms with Crippen LogP contribution < -0.4 is 0 Å². The molecule has 0 saturated heterocycles. The minimum absolute atomic E-state index is 0.508. The highest BCUT2D eigenvalue weighted by atomic mass is 16.6. The molecule has 11 heavy (non-hydrogen) atoms. The number of nitrogens with zero attached hydrogens (tertiary/aromatic N) is 1. The third-order valence-electron chi connectivity index (χ3n) is 0.989.